The van der Waals surface area contributed by atoms with E-state index in [1.807, 2.05) is 0 Å². The average molecular weight is 388 g/mol. The lowest BCUT2D eigenvalue weighted by molar-refractivity contribution is -0.121. The van der Waals surface area contributed by atoms with Crippen molar-refractivity contribution in [3.05, 3.63) is 29.8 Å². The highest BCUT2D eigenvalue weighted by Crippen LogP contribution is 2.23. The minimum atomic E-state index is -0.496. The third-order valence-electron chi connectivity index (χ3n) is 5.20. The van der Waals surface area contributed by atoms with E-state index < -0.39 is 12.0 Å². The van der Waals surface area contributed by atoms with Crippen LogP contribution in [0, 0.1) is 0 Å². The van der Waals surface area contributed by atoms with Crippen molar-refractivity contribution >= 4 is 23.5 Å². The van der Waals surface area contributed by atoms with Crippen LogP contribution in [0.4, 0.5) is 5.69 Å². The van der Waals surface area contributed by atoms with Crippen molar-refractivity contribution in [3.63, 3.8) is 0 Å². The number of ether oxygens (including phenoxy) is 1. The molecule has 2 aliphatic heterocycles. The molecule has 0 saturated carbocycles. The minimum absolute atomic E-state index is 0.154. The van der Waals surface area contributed by atoms with Gasteiger partial charge in [-0.3, -0.25) is 14.5 Å². The third-order valence-corrected chi connectivity index (χ3v) is 5.20. The molecule has 28 heavy (non-hydrogen) atoms. The van der Waals surface area contributed by atoms with E-state index in [0.717, 1.165) is 32.7 Å². The van der Waals surface area contributed by atoms with Gasteiger partial charge in [-0.05, 0) is 38.2 Å². The Balaban J connectivity index is 1.53. The zero-order valence-corrected chi connectivity index (χ0v) is 16.5. The maximum atomic E-state index is 12.7. The number of likely N-dealkylation sites (N-methyl/N-ethyl adjacent to an activating group) is 1. The molecule has 1 aromatic carbocycles. The van der Waals surface area contributed by atoms with Crippen LogP contribution in [0.1, 0.15) is 23.7 Å². The highest BCUT2D eigenvalue weighted by Gasteiger charge is 2.39. The molecule has 8 heteroatoms. The molecule has 1 aromatic rings. The van der Waals surface area contributed by atoms with E-state index in [0.29, 0.717) is 24.4 Å². The second kappa shape index (κ2) is 9.27. The first kappa shape index (κ1) is 20.4. The molecule has 0 bridgehead atoms. The van der Waals surface area contributed by atoms with Gasteiger partial charge in [0.25, 0.3) is 5.91 Å². The van der Waals surface area contributed by atoms with Crippen LogP contribution < -0.4 is 10.2 Å². The highest BCUT2D eigenvalue weighted by atomic mass is 16.5. The quantitative estimate of drug-likeness (QED) is 0.533. The van der Waals surface area contributed by atoms with Gasteiger partial charge in [0.2, 0.25) is 5.91 Å². The minimum Gasteiger partial charge on any atom is -0.462 e. The van der Waals surface area contributed by atoms with Crippen molar-refractivity contribution in [2.24, 2.45) is 0 Å². The Morgan fingerprint density at radius 1 is 1.14 bits per heavy atom. The summed E-state index contributed by atoms with van der Waals surface area (Å²) >= 11 is 0. The summed E-state index contributed by atoms with van der Waals surface area (Å²) in [5.41, 5.74) is 0.873. The van der Waals surface area contributed by atoms with Crippen LogP contribution in [0.15, 0.2) is 24.3 Å². The van der Waals surface area contributed by atoms with Crippen molar-refractivity contribution < 1.29 is 19.1 Å². The number of rotatable bonds is 7. The molecule has 2 fully saturated rings. The fraction of sp³-hybridized carbons (Fsp3) is 0.550. The number of hydrogen-bond acceptors (Lipinski definition) is 7. The zero-order chi connectivity index (χ0) is 20.1. The maximum Gasteiger partial charge on any atom is 0.338 e. The first-order valence-corrected chi connectivity index (χ1v) is 9.78. The molecule has 0 aliphatic carbocycles. The summed E-state index contributed by atoms with van der Waals surface area (Å²) in [5.74, 6) is -0.894. The van der Waals surface area contributed by atoms with Gasteiger partial charge < -0.3 is 15.0 Å². The number of piperazine rings is 1. The second-order valence-electron chi connectivity index (χ2n) is 7.19. The second-order valence-corrected chi connectivity index (χ2v) is 7.19. The van der Waals surface area contributed by atoms with Crippen LogP contribution >= 0.6 is 0 Å². The van der Waals surface area contributed by atoms with Crippen molar-refractivity contribution in [2.75, 3.05) is 57.8 Å². The number of hydrogen-bond donors (Lipinski definition) is 1. The van der Waals surface area contributed by atoms with E-state index in [9.17, 15) is 14.4 Å². The molecule has 3 rings (SSSR count). The van der Waals surface area contributed by atoms with Crippen LogP contribution in [0.3, 0.4) is 0 Å². The van der Waals surface area contributed by atoms with E-state index >= 15 is 0 Å². The van der Waals surface area contributed by atoms with E-state index in [1.165, 1.54) is 4.90 Å². The number of anilines is 1. The Morgan fingerprint density at radius 2 is 1.82 bits per heavy atom. The molecule has 2 heterocycles. The number of esters is 1. The number of imide groups is 1. The molecule has 2 aliphatic rings. The summed E-state index contributed by atoms with van der Waals surface area (Å²) in [7, 11) is 2.12. The molecule has 1 N–H and O–H groups in total. The van der Waals surface area contributed by atoms with Gasteiger partial charge in [0.1, 0.15) is 0 Å². The first-order chi connectivity index (χ1) is 13.5. The number of nitrogens with one attached hydrogen (secondary N) is 1. The molecular weight excluding hydrogens is 360 g/mol. The molecule has 0 radical (unpaired) electrons. The van der Waals surface area contributed by atoms with Crippen LogP contribution in [0.5, 0.6) is 0 Å². The van der Waals surface area contributed by atoms with Crippen molar-refractivity contribution in [1.29, 1.82) is 0 Å². The Morgan fingerprint density at radius 3 is 2.46 bits per heavy atom. The van der Waals surface area contributed by atoms with Crippen LogP contribution in [0.25, 0.3) is 0 Å². The van der Waals surface area contributed by atoms with Crippen molar-refractivity contribution in [1.82, 2.24) is 15.1 Å². The van der Waals surface area contributed by atoms with Crippen molar-refractivity contribution in [3.8, 4) is 0 Å². The summed E-state index contributed by atoms with van der Waals surface area (Å²) < 4.78 is 4.95. The molecular formula is C20H28N4O4. The van der Waals surface area contributed by atoms with Gasteiger partial charge in [0.05, 0.1) is 30.3 Å². The predicted molar refractivity (Wildman–Crippen MR) is 105 cm³/mol. The smallest absolute Gasteiger partial charge is 0.338 e. The van der Waals surface area contributed by atoms with E-state index in [1.54, 1.807) is 31.2 Å². The first-order valence-electron chi connectivity index (χ1n) is 9.78. The summed E-state index contributed by atoms with van der Waals surface area (Å²) in [4.78, 5) is 42.7. The number of carbonyl (C=O) groups is 3. The molecule has 152 valence electrons. The van der Waals surface area contributed by atoms with Crippen LogP contribution in [-0.4, -0.2) is 86.5 Å². The summed E-state index contributed by atoms with van der Waals surface area (Å²) in [6, 6.07) is 5.86. The SMILES string of the molecule is CCOC(=O)c1ccc(N2C(=O)C[C@@H](NCCN3CCN(C)CC3)C2=O)cc1. The Hall–Kier alpha value is -2.29. The Bertz CT molecular complexity index is 713. The predicted octanol–water partition coefficient (Wildman–Crippen LogP) is 0.332. The molecule has 2 amide bonds. The fourth-order valence-corrected chi connectivity index (χ4v) is 3.49. The number of nitrogens with zero attached hydrogens (tertiary/aromatic N) is 3. The Labute approximate surface area is 165 Å². The van der Waals surface area contributed by atoms with Gasteiger partial charge in [0, 0.05) is 39.3 Å². The molecule has 8 nitrogen and oxygen atoms in total. The van der Waals surface area contributed by atoms with Crippen LogP contribution in [0.2, 0.25) is 0 Å². The molecule has 1 atom stereocenters. The monoisotopic (exact) mass is 388 g/mol. The van der Waals surface area contributed by atoms with Crippen molar-refractivity contribution in [2.45, 2.75) is 19.4 Å². The van der Waals surface area contributed by atoms with Gasteiger partial charge in [-0.2, -0.15) is 0 Å². The molecule has 0 spiro atoms. The largest absolute Gasteiger partial charge is 0.462 e. The summed E-state index contributed by atoms with van der Waals surface area (Å²) in [6.07, 6.45) is 0.154. The summed E-state index contributed by atoms with van der Waals surface area (Å²) in [5, 5.41) is 3.22. The lowest BCUT2D eigenvalue weighted by atomic mass is 10.2. The van der Waals surface area contributed by atoms with Gasteiger partial charge in [-0.15, -0.1) is 0 Å². The molecule has 2 saturated heterocycles. The van der Waals surface area contributed by atoms with Gasteiger partial charge in [0.15, 0.2) is 0 Å². The number of amides is 2. The number of benzene rings is 1. The van der Waals surface area contributed by atoms with E-state index in [2.05, 4.69) is 22.2 Å². The fourth-order valence-electron chi connectivity index (χ4n) is 3.49. The lowest BCUT2D eigenvalue weighted by Crippen LogP contribution is -2.48. The molecule has 0 unspecified atom stereocenters. The van der Waals surface area contributed by atoms with Gasteiger partial charge in [-0.1, -0.05) is 0 Å². The maximum absolute atomic E-state index is 12.7. The summed E-state index contributed by atoms with van der Waals surface area (Å²) in [6.45, 7) is 7.72. The lowest BCUT2D eigenvalue weighted by Gasteiger charge is -2.32. The average Bonchev–Trinajstić information content (AvgIpc) is 2.97. The van der Waals surface area contributed by atoms with Gasteiger partial charge in [-0.25, -0.2) is 9.69 Å². The Kier molecular flexibility index (Phi) is 6.77. The normalized spacial score (nSPS) is 21.4. The zero-order valence-electron chi connectivity index (χ0n) is 16.5. The highest BCUT2D eigenvalue weighted by molar-refractivity contribution is 6.22. The number of carbonyl (C=O) groups excluding carboxylic acids is 3. The van der Waals surface area contributed by atoms with E-state index in [4.69, 9.17) is 4.74 Å². The topological polar surface area (TPSA) is 82.2 Å². The standard InChI is InChI=1S/C20H28N4O4/c1-3-28-20(27)15-4-6-16(7-5-15)24-18(25)14-17(19(24)26)21-8-9-23-12-10-22(2)11-13-23/h4-7,17,21H,3,8-14H2,1-2H3/t17-/m1/s1. The van der Waals surface area contributed by atoms with Crippen LogP contribution in [-0.2, 0) is 14.3 Å². The third kappa shape index (κ3) is 4.76. The molecule has 0 aromatic heterocycles. The van der Waals surface area contributed by atoms with Gasteiger partial charge >= 0.3 is 5.97 Å². The van der Waals surface area contributed by atoms with E-state index in [-0.39, 0.29) is 18.2 Å².